The molecular weight excluding hydrogens is 254 g/mol. The summed E-state index contributed by atoms with van der Waals surface area (Å²) >= 11 is 0. The largest absolute Gasteiger partial charge is 0.491 e. The highest BCUT2D eigenvalue weighted by atomic mass is 16.5. The molecule has 0 saturated heterocycles. The Morgan fingerprint density at radius 2 is 1.90 bits per heavy atom. The van der Waals surface area contributed by atoms with Gasteiger partial charge in [-0.1, -0.05) is 26.0 Å². The van der Waals surface area contributed by atoms with Crippen LogP contribution in [0.15, 0.2) is 24.3 Å². The Balaban J connectivity index is 2.23. The summed E-state index contributed by atoms with van der Waals surface area (Å²) in [5, 5.41) is 13.1. The van der Waals surface area contributed by atoms with Gasteiger partial charge in [0.25, 0.3) is 0 Å². The Morgan fingerprint density at radius 1 is 1.20 bits per heavy atom. The molecule has 0 amide bonds. The van der Waals surface area contributed by atoms with Crippen LogP contribution < -0.4 is 10.1 Å². The van der Waals surface area contributed by atoms with Crippen LogP contribution in [-0.2, 0) is 11.2 Å². The van der Waals surface area contributed by atoms with Gasteiger partial charge in [-0.05, 0) is 37.1 Å². The first-order valence-corrected chi connectivity index (χ1v) is 7.24. The lowest BCUT2D eigenvalue weighted by Gasteiger charge is -2.14. The fraction of sp³-hybridized carbons (Fsp3) is 0.625. The van der Waals surface area contributed by atoms with Crippen molar-refractivity contribution >= 4 is 0 Å². The van der Waals surface area contributed by atoms with Crippen LogP contribution in [0.25, 0.3) is 0 Å². The maximum absolute atomic E-state index is 9.81. The minimum Gasteiger partial charge on any atom is -0.491 e. The number of aliphatic hydroxyl groups excluding tert-OH is 1. The molecule has 0 saturated carbocycles. The summed E-state index contributed by atoms with van der Waals surface area (Å²) in [6.45, 7) is 6.04. The van der Waals surface area contributed by atoms with Gasteiger partial charge in [0.1, 0.15) is 12.4 Å². The first-order chi connectivity index (χ1) is 9.61. The van der Waals surface area contributed by atoms with Gasteiger partial charge in [-0.2, -0.15) is 0 Å². The highest BCUT2D eigenvalue weighted by molar-refractivity contribution is 5.27. The molecule has 0 aromatic heterocycles. The quantitative estimate of drug-likeness (QED) is 0.689. The van der Waals surface area contributed by atoms with E-state index < -0.39 is 6.10 Å². The summed E-state index contributed by atoms with van der Waals surface area (Å²) in [5.41, 5.74) is 1.22. The van der Waals surface area contributed by atoms with Gasteiger partial charge < -0.3 is 19.9 Å². The van der Waals surface area contributed by atoms with Crippen LogP contribution >= 0.6 is 0 Å². The molecule has 0 aliphatic carbocycles. The van der Waals surface area contributed by atoms with E-state index in [1.807, 2.05) is 24.3 Å². The first-order valence-electron chi connectivity index (χ1n) is 7.24. The SMILES string of the molecule is COCCc1ccc(OC[C@H](O)CCNC(C)C)cc1. The van der Waals surface area contributed by atoms with Gasteiger partial charge in [-0.25, -0.2) is 0 Å². The standard InChI is InChI=1S/C16H27NO3/c1-13(2)17-10-8-15(18)12-20-16-6-4-14(5-7-16)9-11-19-3/h4-7,13,15,17-18H,8-12H2,1-3H3/t15-/m1/s1. The topological polar surface area (TPSA) is 50.7 Å². The number of methoxy groups -OCH3 is 1. The molecule has 114 valence electrons. The smallest absolute Gasteiger partial charge is 0.119 e. The zero-order valence-corrected chi connectivity index (χ0v) is 12.8. The van der Waals surface area contributed by atoms with Crippen LogP contribution in [-0.4, -0.2) is 44.1 Å². The molecule has 0 fully saturated rings. The highest BCUT2D eigenvalue weighted by Crippen LogP contribution is 2.13. The molecule has 2 N–H and O–H groups in total. The number of hydrogen-bond acceptors (Lipinski definition) is 4. The summed E-state index contributed by atoms with van der Waals surface area (Å²) in [6, 6.07) is 8.37. The van der Waals surface area contributed by atoms with Crippen molar-refractivity contribution in [2.75, 3.05) is 26.9 Å². The van der Waals surface area contributed by atoms with Crippen molar-refractivity contribution in [1.29, 1.82) is 0 Å². The van der Waals surface area contributed by atoms with Gasteiger partial charge in [0.05, 0.1) is 12.7 Å². The summed E-state index contributed by atoms with van der Waals surface area (Å²) in [6.07, 6.45) is 1.17. The Labute approximate surface area is 122 Å². The molecule has 1 atom stereocenters. The van der Waals surface area contributed by atoms with E-state index in [9.17, 15) is 5.11 Å². The minimum absolute atomic E-state index is 0.331. The van der Waals surface area contributed by atoms with Gasteiger partial charge in [0, 0.05) is 13.2 Å². The molecule has 1 aromatic rings. The second kappa shape index (κ2) is 9.75. The van der Waals surface area contributed by atoms with Crippen LogP contribution in [0.5, 0.6) is 5.75 Å². The zero-order valence-electron chi connectivity index (χ0n) is 12.8. The van der Waals surface area contributed by atoms with E-state index in [0.29, 0.717) is 19.1 Å². The van der Waals surface area contributed by atoms with E-state index in [1.54, 1.807) is 7.11 Å². The van der Waals surface area contributed by atoms with E-state index in [4.69, 9.17) is 9.47 Å². The number of hydrogen-bond donors (Lipinski definition) is 2. The number of ether oxygens (including phenoxy) is 2. The van der Waals surface area contributed by atoms with Crippen LogP contribution in [0.3, 0.4) is 0 Å². The lowest BCUT2D eigenvalue weighted by molar-refractivity contribution is 0.0995. The second-order valence-electron chi connectivity index (χ2n) is 5.25. The van der Waals surface area contributed by atoms with Gasteiger partial charge >= 0.3 is 0 Å². The van der Waals surface area contributed by atoms with E-state index in [0.717, 1.165) is 25.3 Å². The van der Waals surface area contributed by atoms with Gasteiger partial charge in [0.2, 0.25) is 0 Å². The van der Waals surface area contributed by atoms with E-state index >= 15 is 0 Å². The summed E-state index contributed by atoms with van der Waals surface area (Å²) in [7, 11) is 1.70. The maximum atomic E-state index is 9.81. The maximum Gasteiger partial charge on any atom is 0.119 e. The van der Waals surface area contributed by atoms with Crippen LogP contribution in [0, 0.1) is 0 Å². The predicted octanol–water partition coefficient (Wildman–Crippen LogP) is 2.00. The van der Waals surface area contributed by atoms with Crippen molar-refractivity contribution < 1.29 is 14.6 Å². The molecule has 4 nitrogen and oxygen atoms in total. The number of benzene rings is 1. The molecule has 1 aromatic carbocycles. The third-order valence-electron chi connectivity index (χ3n) is 2.99. The lowest BCUT2D eigenvalue weighted by Crippen LogP contribution is -2.28. The van der Waals surface area contributed by atoms with Crippen molar-refractivity contribution in [3.8, 4) is 5.75 Å². The van der Waals surface area contributed by atoms with Gasteiger partial charge in [-0.15, -0.1) is 0 Å². The van der Waals surface area contributed by atoms with Crippen LogP contribution in [0.2, 0.25) is 0 Å². The molecule has 0 aliphatic rings. The van der Waals surface area contributed by atoms with E-state index in [1.165, 1.54) is 5.56 Å². The average molecular weight is 281 g/mol. The lowest BCUT2D eigenvalue weighted by atomic mass is 10.1. The molecule has 0 bridgehead atoms. The van der Waals surface area contributed by atoms with E-state index in [-0.39, 0.29) is 0 Å². The third-order valence-corrected chi connectivity index (χ3v) is 2.99. The van der Waals surface area contributed by atoms with Crippen molar-refractivity contribution in [2.24, 2.45) is 0 Å². The number of nitrogens with one attached hydrogen (secondary N) is 1. The average Bonchev–Trinajstić information content (AvgIpc) is 2.43. The Morgan fingerprint density at radius 3 is 2.50 bits per heavy atom. The molecular formula is C16H27NO3. The summed E-state index contributed by atoms with van der Waals surface area (Å²) in [5.74, 6) is 0.794. The van der Waals surface area contributed by atoms with Crippen molar-refractivity contribution in [1.82, 2.24) is 5.32 Å². The van der Waals surface area contributed by atoms with Gasteiger partial charge in [0.15, 0.2) is 0 Å². The molecule has 1 rings (SSSR count). The summed E-state index contributed by atoms with van der Waals surface area (Å²) in [4.78, 5) is 0. The molecule has 20 heavy (non-hydrogen) atoms. The minimum atomic E-state index is -0.436. The highest BCUT2D eigenvalue weighted by Gasteiger charge is 2.05. The Kier molecular flexibility index (Phi) is 8.26. The van der Waals surface area contributed by atoms with Gasteiger partial charge in [-0.3, -0.25) is 0 Å². The molecule has 0 radical (unpaired) electrons. The summed E-state index contributed by atoms with van der Waals surface area (Å²) < 4.78 is 10.6. The molecule has 0 aliphatic heterocycles. The number of rotatable bonds is 10. The van der Waals surface area contributed by atoms with Crippen LogP contribution in [0.1, 0.15) is 25.8 Å². The second-order valence-corrected chi connectivity index (χ2v) is 5.25. The molecule has 4 heteroatoms. The van der Waals surface area contributed by atoms with Crippen molar-refractivity contribution in [3.05, 3.63) is 29.8 Å². The molecule has 0 unspecified atom stereocenters. The zero-order chi connectivity index (χ0) is 14.8. The third kappa shape index (κ3) is 7.48. The molecule has 0 spiro atoms. The Bertz CT molecular complexity index is 351. The van der Waals surface area contributed by atoms with Crippen molar-refractivity contribution in [3.63, 3.8) is 0 Å². The first kappa shape index (κ1) is 17.0. The van der Waals surface area contributed by atoms with Crippen molar-refractivity contribution in [2.45, 2.75) is 38.8 Å². The van der Waals surface area contributed by atoms with Crippen LogP contribution in [0.4, 0.5) is 0 Å². The molecule has 0 heterocycles. The van der Waals surface area contributed by atoms with E-state index in [2.05, 4.69) is 19.2 Å². The monoisotopic (exact) mass is 281 g/mol. The Hall–Kier alpha value is -1.10. The fourth-order valence-corrected chi connectivity index (χ4v) is 1.79. The predicted molar refractivity (Wildman–Crippen MR) is 81.3 cm³/mol. The fourth-order valence-electron chi connectivity index (χ4n) is 1.79. The normalized spacial score (nSPS) is 12.7. The number of aliphatic hydroxyl groups is 1.